The fourth-order valence-electron chi connectivity index (χ4n) is 4.73. The molecule has 11 heteroatoms. The molecule has 2 fully saturated rings. The second kappa shape index (κ2) is 8.94. The van der Waals surface area contributed by atoms with Gasteiger partial charge in [0.15, 0.2) is 0 Å². The van der Waals surface area contributed by atoms with Crippen LogP contribution in [0.25, 0.3) is 11.1 Å². The van der Waals surface area contributed by atoms with Crippen LogP contribution in [0.5, 0.6) is 0 Å². The van der Waals surface area contributed by atoms with Gasteiger partial charge in [-0.1, -0.05) is 12.1 Å². The van der Waals surface area contributed by atoms with Crippen molar-refractivity contribution < 1.29 is 35.5 Å². The predicted molar refractivity (Wildman–Crippen MR) is 117 cm³/mol. The maximum atomic E-state index is 14.5. The molecular weight excluding hydrogens is 476 g/mol. The largest absolute Gasteiger partial charge is 0.384 e. The second-order valence-electron chi connectivity index (χ2n) is 8.84. The number of sulfonamides is 1. The van der Waals surface area contributed by atoms with Gasteiger partial charge in [0.05, 0.1) is 36.4 Å². The number of halogens is 4. The molecule has 1 amide bonds. The van der Waals surface area contributed by atoms with Crippen LogP contribution in [0, 0.1) is 22.9 Å². The van der Waals surface area contributed by atoms with E-state index in [0.717, 1.165) is 30.5 Å². The number of hydrogen-bond donors (Lipinski definition) is 1. The zero-order valence-corrected chi connectivity index (χ0v) is 19.3. The van der Waals surface area contributed by atoms with Crippen molar-refractivity contribution in [1.82, 2.24) is 9.62 Å². The molecule has 1 heterocycles. The molecule has 4 rings (SSSR count). The van der Waals surface area contributed by atoms with Gasteiger partial charge in [-0.05, 0) is 41.8 Å². The first-order valence-electron chi connectivity index (χ1n) is 10.6. The zero-order chi connectivity index (χ0) is 24.8. The number of likely N-dealkylation sites (tertiary alicyclic amines) is 1. The lowest BCUT2D eigenvalue weighted by Crippen LogP contribution is -2.65. The number of rotatable bonds is 8. The van der Waals surface area contributed by atoms with Crippen molar-refractivity contribution in [2.24, 2.45) is 5.41 Å². The van der Waals surface area contributed by atoms with Gasteiger partial charge in [-0.25, -0.2) is 30.7 Å². The first kappa shape index (κ1) is 24.6. The highest BCUT2D eigenvalue weighted by atomic mass is 32.2. The predicted octanol–water partition coefficient (Wildman–Crippen LogP) is 2.99. The van der Waals surface area contributed by atoms with E-state index in [4.69, 9.17) is 4.74 Å². The van der Waals surface area contributed by atoms with E-state index < -0.39 is 62.5 Å². The first-order valence-corrected chi connectivity index (χ1v) is 12.5. The third-order valence-electron chi connectivity index (χ3n) is 6.53. The van der Waals surface area contributed by atoms with Crippen LogP contribution in [-0.4, -0.2) is 64.5 Å². The third-order valence-corrected chi connectivity index (χ3v) is 7.22. The lowest BCUT2D eigenvalue weighted by Gasteiger charge is -2.45. The molecule has 0 spiro atoms. The molecule has 1 aliphatic heterocycles. The van der Waals surface area contributed by atoms with Crippen LogP contribution in [-0.2, 0) is 19.6 Å². The molecular formula is C23H24F4N2O4S. The molecule has 184 valence electrons. The van der Waals surface area contributed by atoms with Crippen molar-refractivity contribution in [2.45, 2.75) is 24.6 Å². The summed E-state index contributed by atoms with van der Waals surface area (Å²) in [5.74, 6) is -3.44. The number of nitrogens with one attached hydrogen (secondary N) is 1. The average molecular weight is 501 g/mol. The summed E-state index contributed by atoms with van der Waals surface area (Å²) >= 11 is 0. The lowest BCUT2D eigenvalue weighted by atomic mass is 9.89. The van der Waals surface area contributed by atoms with E-state index in [0.29, 0.717) is 5.56 Å². The maximum Gasteiger partial charge on any atom is 0.232 e. The van der Waals surface area contributed by atoms with Gasteiger partial charge in [-0.2, -0.15) is 0 Å². The molecule has 0 unspecified atom stereocenters. The number of ether oxygens (including phenoxy) is 1. The molecule has 1 saturated heterocycles. The number of methoxy groups -OCH3 is 1. The standard InChI is InChI=1S/C23H24F4N2O4S/c1-33-12-23(22(30)29-11-19(27)20(29)10-28-34(2,31)32)9-16(23)14-7-6-13(24)8-15(14)21-17(25)4-3-5-18(21)26/h3-8,16,19-20,28H,9-12H2,1-2H3/t16-,19+,20+,23-/m0/s1. The number of carbonyl (C=O) groups is 1. The van der Waals surface area contributed by atoms with Crippen LogP contribution in [0.4, 0.5) is 17.6 Å². The van der Waals surface area contributed by atoms with Gasteiger partial charge in [0.1, 0.15) is 23.6 Å². The minimum atomic E-state index is -3.59. The van der Waals surface area contributed by atoms with E-state index in [1.807, 2.05) is 0 Å². The second-order valence-corrected chi connectivity index (χ2v) is 10.7. The summed E-state index contributed by atoms with van der Waals surface area (Å²) in [5.41, 5.74) is -1.18. The molecule has 34 heavy (non-hydrogen) atoms. The van der Waals surface area contributed by atoms with Gasteiger partial charge >= 0.3 is 0 Å². The fourth-order valence-corrected chi connectivity index (χ4v) is 5.20. The van der Waals surface area contributed by atoms with Crippen LogP contribution in [0.1, 0.15) is 17.9 Å². The van der Waals surface area contributed by atoms with Crippen LogP contribution in [0.2, 0.25) is 0 Å². The maximum absolute atomic E-state index is 14.5. The van der Waals surface area contributed by atoms with Crippen molar-refractivity contribution >= 4 is 15.9 Å². The molecule has 1 saturated carbocycles. The number of amides is 1. The van der Waals surface area contributed by atoms with E-state index in [9.17, 15) is 30.8 Å². The monoisotopic (exact) mass is 500 g/mol. The number of benzene rings is 2. The van der Waals surface area contributed by atoms with Crippen LogP contribution < -0.4 is 4.72 Å². The Balaban J connectivity index is 1.67. The molecule has 6 nitrogen and oxygen atoms in total. The quantitative estimate of drug-likeness (QED) is 0.566. The number of nitrogens with zero attached hydrogens (tertiary/aromatic N) is 1. The summed E-state index contributed by atoms with van der Waals surface area (Å²) < 4.78 is 87.7. The summed E-state index contributed by atoms with van der Waals surface area (Å²) in [7, 11) is -2.19. The topological polar surface area (TPSA) is 75.7 Å². The number of alkyl halides is 1. The molecule has 1 N–H and O–H groups in total. The third kappa shape index (κ3) is 4.44. The Morgan fingerprint density at radius 2 is 1.88 bits per heavy atom. The van der Waals surface area contributed by atoms with Crippen molar-refractivity contribution in [3.63, 3.8) is 0 Å². The van der Waals surface area contributed by atoms with E-state index in [2.05, 4.69) is 4.72 Å². The Morgan fingerprint density at radius 3 is 2.47 bits per heavy atom. The van der Waals surface area contributed by atoms with Gasteiger partial charge < -0.3 is 9.64 Å². The molecule has 2 aromatic rings. The average Bonchev–Trinajstić information content (AvgIpc) is 3.46. The molecule has 2 aromatic carbocycles. The fraction of sp³-hybridized carbons (Fsp3) is 0.435. The van der Waals surface area contributed by atoms with Crippen molar-refractivity contribution in [2.75, 3.05) is 33.1 Å². The Labute approximate surface area is 194 Å². The molecule has 1 aliphatic carbocycles. The summed E-state index contributed by atoms with van der Waals surface area (Å²) in [5, 5.41) is 0. The summed E-state index contributed by atoms with van der Waals surface area (Å²) in [6.07, 6.45) is -0.218. The highest BCUT2D eigenvalue weighted by Crippen LogP contribution is 2.62. The smallest absolute Gasteiger partial charge is 0.232 e. The molecule has 0 radical (unpaired) electrons. The zero-order valence-electron chi connectivity index (χ0n) is 18.5. The Kier molecular flexibility index (Phi) is 6.47. The highest BCUT2D eigenvalue weighted by molar-refractivity contribution is 7.88. The minimum Gasteiger partial charge on any atom is -0.384 e. The van der Waals surface area contributed by atoms with Crippen molar-refractivity contribution in [3.8, 4) is 11.1 Å². The van der Waals surface area contributed by atoms with Gasteiger partial charge in [0.2, 0.25) is 15.9 Å². The van der Waals surface area contributed by atoms with E-state index in [1.54, 1.807) is 0 Å². The summed E-state index contributed by atoms with van der Waals surface area (Å²) in [6.45, 7) is -0.528. The van der Waals surface area contributed by atoms with Crippen LogP contribution >= 0.6 is 0 Å². The van der Waals surface area contributed by atoms with Crippen molar-refractivity contribution in [1.29, 1.82) is 0 Å². The van der Waals surface area contributed by atoms with Crippen molar-refractivity contribution in [3.05, 3.63) is 59.4 Å². The van der Waals surface area contributed by atoms with E-state index in [-0.39, 0.29) is 31.7 Å². The van der Waals surface area contributed by atoms with Gasteiger partial charge in [-0.3, -0.25) is 4.79 Å². The Hall–Kier alpha value is -2.50. The van der Waals surface area contributed by atoms with Crippen LogP contribution in [0.15, 0.2) is 36.4 Å². The summed E-state index contributed by atoms with van der Waals surface area (Å²) in [4.78, 5) is 14.8. The van der Waals surface area contributed by atoms with Gasteiger partial charge in [0, 0.05) is 19.6 Å². The SMILES string of the molecule is COC[C@@]1(C(=O)N2C[C@@H](F)[C@H]2CNS(C)(=O)=O)C[C@H]1c1ccc(F)cc1-c1c(F)cccc1F. The van der Waals surface area contributed by atoms with E-state index >= 15 is 0 Å². The Morgan fingerprint density at radius 1 is 1.21 bits per heavy atom. The lowest BCUT2D eigenvalue weighted by molar-refractivity contribution is -0.153. The number of hydrogen-bond acceptors (Lipinski definition) is 4. The number of carbonyl (C=O) groups excluding carboxylic acids is 1. The van der Waals surface area contributed by atoms with Gasteiger partial charge in [-0.15, -0.1) is 0 Å². The molecule has 2 aliphatic rings. The normalized spacial score (nSPS) is 26.3. The Bertz CT molecular complexity index is 1210. The summed E-state index contributed by atoms with van der Waals surface area (Å²) in [6, 6.07) is 5.92. The highest BCUT2D eigenvalue weighted by Gasteiger charge is 2.64. The minimum absolute atomic E-state index is 0.00588. The van der Waals surface area contributed by atoms with Gasteiger partial charge in [0.25, 0.3) is 0 Å². The molecule has 4 atom stereocenters. The molecule has 0 bridgehead atoms. The van der Waals surface area contributed by atoms with Crippen LogP contribution in [0.3, 0.4) is 0 Å². The first-order chi connectivity index (χ1) is 16.0. The van der Waals surface area contributed by atoms with E-state index in [1.165, 1.54) is 24.1 Å². The molecule has 0 aromatic heterocycles.